The average Bonchev–Trinajstić information content (AvgIpc) is 3.29. The summed E-state index contributed by atoms with van der Waals surface area (Å²) in [6, 6.07) is 3.79. The Balaban J connectivity index is 1.43. The van der Waals surface area contributed by atoms with Crippen LogP contribution in [0.25, 0.3) is 5.82 Å². The highest BCUT2D eigenvalue weighted by atomic mass is 16.5. The molecule has 0 aromatic carbocycles. The lowest BCUT2D eigenvalue weighted by Crippen LogP contribution is -2.55. The summed E-state index contributed by atoms with van der Waals surface area (Å²) in [6.07, 6.45) is 0. The van der Waals surface area contributed by atoms with Gasteiger partial charge in [0, 0.05) is 56.7 Å². The Bertz CT molecular complexity index is 904. The van der Waals surface area contributed by atoms with Crippen molar-refractivity contribution in [3.63, 3.8) is 0 Å². The zero-order valence-electron chi connectivity index (χ0n) is 17.2. The zero-order valence-corrected chi connectivity index (χ0v) is 17.2. The Morgan fingerprint density at radius 1 is 0.897 bits per heavy atom. The molecule has 0 aliphatic carbocycles. The Kier molecular flexibility index (Phi) is 5.31. The molecule has 2 aromatic heterocycles. The highest BCUT2D eigenvalue weighted by Crippen LogP contribution is 2.22. The predicted octanol–water partition coefficient (Wildman–Crippen LogP) is 1.60. The molecule has 156 valence electrons. The van der Waals surface area contributed by atoms with Crippen LogP contribution < -0.4 is 0 Å². The minimum atomic E-state index is -0.0111. The van der Waals surface area contributed by atoms with Gasteiger partial charge < -0.3 is 24.0 Å². The molecule has 29 heavy (non-hydrogen) atoms. The normalized spacial score (nSPS) is 17.7. The van der Waals surface area contributed by atoms with Crippen molar-refractivity contribution in [3.05, 3.63) is 34.8 Å². The SMILES string of the molecule is Cc1cc(-n2c(C)cc(C(=O)N3CCN(C(=O)N4CCOCC4)CC3)c2C)no1. The Hall–Kier alpha value is -2.81. The third-order valence-electron chi connectivity index (χ3n) is 5.63. The van der Waals surface area contributed by atoms with E-state index < -0.39 is 0 Å². The molecule has 2 saturated heterocycles. The molecule has 4 rings (SSSR count). The Morgan fingerprint density at radius 2 is 1.52 bits per heavy atom. The highest BCUT2D eigenvalue weighted by molar-refractivity contribution is 5.96. The summed E-state index contributed by atoms with van der Waals surface area (Å²) in [5.41, 5.74) is 2.43. The van der Waals surface area contributed by atoms with Crippen LogP contribution in [-0.2, 0) is 4.74 Å². The van der Waals surface area contributed by atoms with Crippen LogP contribution >= 0.6 is 0 Å². The van der Waals surface area contributed by atoms with E-state index in [1.807, 2.05) is 52.2 Å². The van der Waals surface area contributed by atoms with E-state index in [9.17, 15) is 9.59 Å². The standard InChI is InChI=1S/C20H27N5O4/c1-14-12-17(16(3)25(14)18-13-15(2)29-21-18)19(26)22-4-6-23(7-5-22)20(27)24-8-10-28-11-9-24/h12-13H,4-11H2,1-3H3. The number of rotatable bonds is 2. The molecule has 0 atom stereocenters. The fraction of sp³-hybridized carbons (Fsp3) is 0.550. The third-order valence-corrected chi connectivity index (χ3v) is 5.63. The monoisotopic (exact) mass is 401 g/mol. The van der Waals surface area contributed by atoms with Gasteiger partial charge in [-0.1, -0.05) is 5.16 Å². The van der Waals surface area contributed by atoms with Gasteiger partial charge in [-0.3, -0.25) is 9.36 Å². The smallest absolute Gasteiger partial charge is 0.320 e. The first kappa shape index (κ1) is 19.5. The molecule has 2 aliphatic heterocycles. The number of morpholine rings is 1. The van der Waals surface area contributed by atoms with Crippen LogP contribution in [0.5, 0.6) is 0 Å². The molecule has 9 heteroatoms. The van der Waals surface area contributed by atoms with Gasteiger partial charge in [0.1, 0.15) is 5.76 Å². The maximum Gasteiger partial charge on any atom is 0.320 e. The number of hydrogen-bond donors (Lipinski definition) is 0. The van der Waals surface area contributed by atoms with Gasteiger partial charge in [0.2, 0.25) is 0 Å². The van der Waals surface area contributed by atoms with E-state index in [1.54, 1.807) is 0 Å². The van der Waals surface area contributed by atoms with Crippen molar-refractivity contribution in [3.8, 4) is 5.82 Å². The van der Waals surface area contributed by atoms with Crippen LogP contribution in [0.2, 0.25) is 0 Å². The Morgan fingerprint density at radius 3 is 2.14 bits per heavy atom. The summed E-state index contributed by atoms with van der Waals surface area (Å²) in [7, 11) is 0. The minimum Gasteiger partial charge on any atom is -0.378 e. The van der Waals surface area contributed by atoms with Gasteiger partial charge in [-0.25, -0.2) is 4.79 Å². The van der Waals surface area contributed by atoms with Gasteiger partial charge in [0.15, 0.2) is 5.82 Å². The van der Waals surface area contributed by atoms with Crippen molar-refractivity contribution in [1.29, 1.82) is 0 Å². The molecule has 0 spiro atoms. The number of carbonyl (C=O) groups excluding carboxylic acids is 2. The molecule has 0 radical (unpaired) electrons. The van der Waals surface area contributed by atoms with Crippen LogP contribution in [0.1, 0.15) is 27.5 Å². The van der Waals surface area contributed by atoms with Gasteiger partial charge in [-0.15, -0.1) is 0 Å². The minimum absolute atomic E-state index is 0.0111. The summed E-state index contributed by atoms with van der Waals surface area (Å²) >= 11 is 0. The number of piperazine rings is 1. The first-order valence-electron chi connectivity index (χ1n) is 9.99. The summed E-state index contributed by atoms with van der Waals surface area (Å²) in [6.45, 7) is 10.3. The molecule has 9 nitrogen and oxygen atoms in total. The molecule has 4 heterocycles. The molecule has 0 saturated carbocycles. The highest BCUT2D eigenvalue weighted by Gasteiger charge is 2.30. The fourth-order valence-corrected chi connectivity index (χ4v) is 4.02. The van der Waals surface area contributed by atoms with Crippen molar-refractivity contribution >= 4 is 11.9 Å². The summed E-state index contributed by atoms with van der Waals surface area (Å²) in [5.74, 6) is 1.39. The average molecular weight is 401 g/mol. The van der Waals surface area contributed by atoms with Crippen molar-refractivity contribution in [2.45, 2.75) is 20.8 Å². The van der Waals surface area contributed by atoms with E-state index >= 15 is 0 Å². The molecule has 0 N–H and O–H groups in total. The van der Waals surface area contributed by atoms with Crippen molar-refractivity contribution in [1.82, 2.24) is 24.4 Å². The van der Waals surface area contributed by atoms with E-state index in [-0.39, 0.29) is 11.9 Å². The van der Waals surface area contributed by atoms with Crippen LogP contribution in [0.3, 0.4) is 0 Å². The van der Waals surface area contributed by atoms with E-state index in [0.29, 0.717) is 63.9 Å². The number of carbonyl (C=O) groups is 2. The van der Waals surface area contributed by atoms with Crippen LogP contribution in [0.4, 0.5) is 4.79 Å². The largest absolute Gasteiger partial charge is 0.378 e. The number of amides is 3. The molecule has 3 amide bonds. The first-order valence-corrected chi connectivity index (χ1v) is 9.99. The van der Waals surface area contributed by atoms with Gasteiger partial charge in [0.25, 0.3) is 5.91 Å². The van der Waals surface area contributed by atoms with Crippen molar-refractivity contribution in [2.75, 3.05) is 52.5 Å². The van der Waals surface area contributed by atoms with Crippen LogP contribution in [0.15, 0.2) is 16.7 Å². The molecular weight excluding hydrogens is 374 g/mol. The number of nitrogens with zero attached hydrogens (tertiary/aromatic N) is 5. The number of urea groups is 1. The lowest BCUT2D eigenvalue weighted by atomic mass is 10.2. The molecule has 2 aromatic rings. The molecule has 0 bridgehead atoms. The van der Waals surface area contributed by atoms with E-state index in [1.165, 1.54) is 0 Å². The number of ether oxygens (including phenoxy) is 1. The van der Waals surface area contributed by atoms with E-state index in [0.717, 1.165) is 17.1 Å². The zero-order chi connectivity index (χ0) is 20.5. The number of aromatic nitrogens is 2. The van der Waals surface area contributed by atoms with Crippen molar-refractivity contribution < 1.29 is 18.8 Å². The lowest BCUT2D eigenvalue weighted by molar-refractivity contribution is 0.0362. The topological polar surface area (TPSA) is 84.1 Å². The number of hydrogen-bond acceptors (Lipinski definition) is 5. The van der Waals surface area contributed by atoms with E-state index in [2.05, 4.69) is 5.16 Å². The summed E-state index contributed by atoms with van der Waals surface area (Å²) < 4.78 is 12.4. The molecule has 2 fully saturated rings. The third kappa shape index (κ3) is 3.74. The van der Waals surface area contributed by atoms with Gasteiger partial charge in [-0.2, -0.15) is 0 Å². The Labute approximate surface area is 169 Å². The lowest BCUT2D eigenvalue weighted by Gasteiger charge is -2.38. The van der Waals surface area contributed by atoms with Gasteiger partial charge >= 0.3 is 6.03 Å². The second-order valence-electron chi connectivity index (χ2n) is 7.58. The van der Waals surface area contributed by atoms with Crippen LogP contribution in [-0.4, -0.2) is 88.8 Å². The summed E-state index contributed by atoms with van der Waals surface area (Å²) in [4.78, 5) is 31.3. The second kappa shape index (κ2) is 7.90. The maximum absolute atomic E-state index is 13.1. The fourth-order valence-electron chi connectivity index (χ4n) is 4.02. The maximum atomic E-state index is 13.1. The van der Waals surface area contributed by atoms with Gasteiger partial charge in [-0.05, 0) is 26.8 Å². The van der Waals surface area contributed by atoms with E-state index in [4.69, 9.17) is 9.26 Å². The van der Waals surface area contributed by atoms with Gasteiger partial charge in [0.05, 0.1) is 18.8 Å². The first-order chi connectivity index (χ1) is 14.0. The molecule has 2 aliphatic rings. The molecule has 0 unspecified atom stereocenters. The summed E-state index contributed by atoms with van der Waals surface area (Å²) in [5, 5.41) is 4.07. The second-order valence-corrected chi connectivity index (χ2v) is 7.58. The number of aryl methyl sites for hydroxylation is 2. The predicted molar refractivity (Wildman–Crippen MR) is 105 cm³/mol. The quantitative estimate of drug-likeness (QED) is 0.763. The van der Waals surface area contributed by atoms with Crippen LogP contribution in [0, 0.1) is 20.8 Å². The molecular formula is C20H27N5O4. The van der Waals surface area contributed by atoms with Crippen molar-refractivity contribution in [2.24, 2.45) is 0 Å².